The standard InChI is InChI=1S/C28H26F2N6O2/c1-36-15-32-35-27(36)21-13-19(29)5-6-20(21)18-11-23(17-3-4-17)33-25(12-18)28-34-24-10-16(14-31-7-8-37-2)9-22(30)26(24)38-28/h5-6,9-13,15,17,31H,3-4,7-8,14H2,1-2H3. The number of hydrogen-bond donors (Lipinski definition) is 1. The molecule has 1 aliphatic rings. The molecule has 1 fully saturated rings. The highest BCUT2D eigenvalue weighted by atomic mass is 19.1. The highest BCUT2D eigenvalue weighted by Crippen LogP contribution is 2.42. The Kier molecular flexibility index (Phi) is 6.42. The Morgan fingerprint density at radius 2 is 1.95 bits per heavy atom. The van der Waals surface area contributed by atoms with E-state index in [1.165, 1.54) is 18.2 Å². The molecule has 2 aromatic carbocycles. The molecule has 3 aromatic heterocycles. The number of rotatable bonds is 9. The highest BCUT2D eigenvalue weighted by Gasteiger charge is 2.27. The van der Waals surface area contributed by atoms with Crippen LogP contribution in [0.4, 0.5) is 8.78 Å². The van der Waals surface area contributed by atoms with Gasteiger partial charge in [0, 0.05) is 44.4 Å². The number of aryl methyl sites for hydroxylation is 1. The van der Waals surface area contributed by atoms with Gasteiger partial charge in [-0.15, -0.1) is 10.2 Å². The van der Waals surface area contributed by atoms with Crippen molar-refractivity contribution in [3.63, 3.8) is 0 Å². The zero-order valence-electron chi connectivity index (χ0n) is 21.0. The number of ether oxygens (including phenoxy) is 1. The van der Waals surface area contributed by atoms with E-state index < -0.39 is 5.82 Å². The van der Waals surface area contributed by atoms with Gasteiger partial charge >= 0.3 is 0 Å². The third-order valence-electron chi connectivity index (χ3n) is 6.62. The monoisotopic (exact) mass is 516 g/mol. The van der Waals surface area contributed by atoms with Crippen molar-refractivity contribution in [1.82, 2.24) is 30.0 Å². The number of hydrogen-bond acceptors (Lipinski definition) is 7. The van der Waals surface area contributed by atoms with Gasteiger partial charge in [-0.3, -0.25) is 0 Å². The summed E-state index contributed by atoms with van der Waals surface area (Å²) in [5.74, 6) is 0.256. The first-order chi connectivity index (χ1) is 18.5. The second-order valence-corrected chi connectivity index (χ2v) is 9.51. The van der Waals surface area contributed by atoms with Gasteiger partial charge in [0.25, 0.3) is 0 Å². The fraction of sp³-hybridized carbons (Fsp3) is 0.286. The molecular formula is C28H26F2N6O2. The van der Waals surface area contributed by atoms with Gasteiger partial charge in [0.1, 0.15) is 23.4 Å². The second-order valence-electron chi connectivity index (χ2n) is 9.51. The van der Waals surface area contributed by atoms with Crippen LogP contribution < -0.4 is 5.32 Å². The maximum absolute atomic E-state index is 14.9. The number of nitrogens with one attached hydrogen (secondary N) is 1. The maximum Gasteiger partial charge on any atom is 0.246 e. The lowest BCUT2D eigenvalue weighted by Gasteiger charge is -2.12. The van der Waals surface area contributed by atoms with Gasteiger partial charge in [-0.1, -0.05) is 6.07 Å². The van der Waals surface area contributed by atoms with Gasteiger partial charge in [0.2, 0.25) is 5.89 Å². The van der Waals surface area contributed by atoms with E-state index in [-0.39, 0.29) is 17.3 Å². The van der Waals surface area contributed by atoms with Gasteiger partial charge in [-0.2, -0.15) is 0 Å². The van der Waals surface area contributed by atoms with Crippen molar-refractivity contribution in [1.29, 1.82) is 0 Å². The molecule has 0 unspecified atom stereocenters. The summed E-state index contributed by atoms with van der Waals surface area (Å²) >= 11 is 0. The van der Waals surface area contributed by atoms with E-state index >= 15 is 0 Å². The maximum atomic E-state index is 14.9. The number of methoxy groups -OCH3 is 1. The van der Waals surface area contributed by atoms with Crippen LogP contribution in [0.1, 0.15) is 30.0 Å². The van der Waals surface area contributed by atoms with Gasteiger partial charge in [0.05, 0.1) is 6.61 Å². The summed E-state index contributed by atoms with van der Waals surface area (Å²) < 4.78 is 41.9. The Labute approximate surface area is 217 Å². The molecule has 194 valence electrons. The molecule has 8 nitrogen and oxygen atoms in total. The van der Waals surface area contributed by atoms with Gasteiger partial charge in [0.15, 0.2) is 17.2 Å². The molecule has 1 saturated carbocycles. The van der Waals surface area contributed by atoms with E-state index in [0.29, 0.717) is 48.2 Å². The molecule has 3 heterocycles. The molecule has 1 N–H and O–H groups in total. The molecule has 1 aliphatic carbocycles. The van der Waals surface area contributed by atoms with Crippen LogP contribution in [0.25, 0.3) is 45.2 Å². The summed E-state index contributed by atoms with van der Waals surface area (Å²) in [7, 11) is 3.44. The third-order valence-corrected chi connectivity index (χ3v) is 6.62. The van der Waals surface area contributed by atoms with Crippen LogP contribution in [-0.4, -0.2) is 45.0 Å². The fourth-order valence-corrected chi connectivity index (χ4v) is 4.55. The summed E-state index contributed by atoms with van der Waals surface area (Å²) in [5.41, 5.74) is 4.86. The molecule has 0 atom stereocenters. The lowest BCUT2D eigenvalue weighted by atomic mass is 9.97. The molecule has 10 heteroatoms. The molecule has 0 spiro atoms. The van der Waals surface area contributed by atoms with Crippen molar-refractivity contribution in [2.45, 2.75) is 25.3 Å². The smallest absolute Gasteiger partial charge is 0.246 e. The number of fused-ring (bicyclic) bond motifs is 1. The molecule has 6 rings (SSSR count). The number of pyridine rings is 1. The normalized spacial score (nSPS) is 13.5. The molecular weight excluding hydrogens is 490 g/mol. The van der Waals surface area contributed by atoms with Crippen LogP contribution in [-0.2, 0) is 18.3 Å². The lowest BCUT2D eigenvalue weighted by Crippen LogP contribution is -2.18. The van der Waals surface area contributed by atoms with Crippen LogP contribution in [0.5, 0.6) is 0 Å². The SMILES string of the molecule is COCCNCc1cc(F)c2oc(-c3cc(-c4ccc(F)cc4-c4nncn4C)cc(C4CC4)n3)nc2c1. The molecule has 0 saturated heterocycles. The van der Waals surface area contributed by atoms with Crippen molar-refractivity contribution >= 4 is 11.1 Å². The Balaban J connectivity index is 1.43. The Morgan fingerprint density at radius 1 is 1.08 bits per heavy atom. The van der Waals surface area contributed by atoms with Crippen molar-refractivity contribution in [2.24, 2.45) is 7.05 Å². The zero-order chi connectivity index (χ0) is 26.2. The van der Waals surface area contributed by atoms with E-state index in [4.69, 9.17) is 14.1 Å². The Hall–Kier alpha value is -4.02. The minimum Gasteiger partial charge on any atom is -0.432 e. The summed E-state index contributed by atoms with van der Waals surface area (Å²) in [5, 5.41) is 11.4. The summed E-state index contributed by atoms with van der Waals surface area (Å²) in [6.07, 6.45) is 3.65. The average Bonchev–Trinajstić information content (AvgIpc) is 3.53. The van der Waals surface area contributed by atoms with Crippen molar-refractivity contribution < 1.29 is 17.9 Å². The summed E-state index contributed by atoms with van der Waals surface area (Å²) in [6, 6.07) is 11.7. The van der Waals surface area contributed by atoms with Gasteiger partial charge in [-0.05, 0) is 65.9 Å². The van der Waals surface area contributed by atoms with Crippen molar-refractivity contribution in [3.05, 3.63) is 71.7 Å². The average molecular weight is 517 g/mol. The van der Waals surface area contributed by atoms with E-state index in [1.807, 2.05) is 25.2 Å². The minimum atomic E-state index is -0.480. The minimum absolute atomic E-state index is 0.0855. The van der Waals surface area contributed by atoms with Crippen LogP contribution in [0.2, 0.25) is 0 Å². The van der Waals surface area contributed by atoms with Crippen molar-refractivity contribution in [3.8, 4) is 34.1 Å². The first-order valence-electron chi connectivity index (χ1n) is 12.5. The first kappa shape index (κ1) is 24.3. The van der Waals surface area contributed by atoms with Gasteiger partial charge in [-0.25, -0.2) is 18.7 Å². The molecule has 0 bridgehead atoms. The number of benzene rings is 2. The summed E-state index contributed by atoms with van der Waals surface area (Å²) in [4.78, 5) is 9.42. The van der Waals surface area contributed by atoms with Crippen molar-refractivity contribution in [2.75, 3.05) is 20.3 Å². The van der Waals surface area contributed by atoms with E-state index in [2.05, 4.69) is 20.5 Å². The largest absolute Gasteiger partial charge is 0.432 e. The van der Waals surface area contributed by atoms with Crippen LogP contribution in [0, 0.1) is 11.6 Å². The predicted molar refractivity (Wildman–Crippen MR) is 138 cm³/mol. The number of halogens is 2. The van der Waals surface area contributed by atoms with Gasteiger partial charge < -0.3 is 19.0 Å². The number of nitrogens with zero attached hydrogens (tertiary/aromatic N) is 5. The van der Waals surface area contributed by atoms with E-state index in [0.717, 1.165) is 35.2 Å². The molecule has 0 amide bonds. The van der Waals surface area contributed by atoms with Crippen LogP contribution in [0.15, 0.2) is 53.2 Å². The van der Waals surface area contributed by atoms with E-state index in [1.54, 1.807) is 24.1 Å². The third kappa shape index (κ3) is 4.80. The van der Waals surface area contributed by atoms with Crippen LogP contribution >= 0.6 is 0 Å². The second kappa shape index (κ2) is 10.0. The summed E-state index contributed by atoms with van der Waals surface area (Å²) in [6.45, 7) is 1.70. The number of oxazole rings is 1. The highest BCUT2D eigenvalue weighted by molar-refractivity contribution is 5.83. The fourth-order valence-electron chi connectivity index (χ4n) is 4.55. The lowest BCUT2D eigenvalue weighted by molar-refractivity contribution is 0.199. The molecule has 5 aromatic rings. The molecule has 0 radical (unpaired) electrons. The Bertz CT molecular complexity index is 1630. The van der Waals surface area contributed by atoms with E-state index in [9.17, 15) is 8.78 Å². The Morgan fingerprint density at radius 3 is 2.71 bits per heavy atom. The topological polar surface area (TPSA) is 90.9 Å². The zero-order valence-corrected chi connectivity index (χ0v) is 21.0. The number of aromatic nitrogens is 5. The molecule has 38 heavy (non-hydrogen) atoms. The quantitative estimate of drug-likeness (QED) is 0.268. The first-order valence-corrected chi connectivity index (χ1v) is 12.5. The predicted octanol–water partition coefficient (Wildman–Crippen LogP) is 5.24. The molecule has 0 aliphatic heterocycles. The van der Waals surface area contributed by atoms with Crippen LogP contribution in [0.3, 0.4) is 0 Å².